The lowest BCUT2D eigenvalue weighted by atomic mass is 10.0. The Balaban J connectivity index is 1.75. The summed E-state index contributed by atoms with van der Waals surface area (Å²) in [4.78, 5) is 16.4. The van der Waals surface area contributed by atoms with Gasteiger partial charge in [0.25, 0.3) is 0 Å². The minimum Gasteiger partial charge on any atom is -0.472 e. The van der Waals surface area contributed by atoms with E-state index in [0.717, 1.165) is 27.2 Å². The molecule has 2 aromatic carbocycles. The first-order valence-electron chi connectivity index (χ1n) is 8.62. The number of pyridine rings is 1. The third kappa shape index (κ3) is 2.91. The smallest absolute Gasteiger partial charge is 0.323 e. The van der Waals surface area contributed by atoms with Crippen LogP contribution < -0.4 is 10.1 Å². The van der Waals surface area contributed by atoms with Crippen LogP contribution in [0.25, 0.3) is 27.8 Å². The summed E-state index contributed by atoms with van der Waals surface area (Å²) in [6.45, 7) is 4.43. The van der Waals surface area contributed by atoms with Crippen LogP contribution in [0.4, 0.5) is 0 Å². The highest BCUT2D eigenvalue weighted by Crippen LogP contribution is 2.33. The number of para-hydroxylation sites is 1. The molecular formula is C21H20N2O3. The van der Waals surface area contributed by atoms with Crippen LogP contribution in [-0.4, -0.2) is 36.8 Å². The van der Waals surface area contributed by atoms with Gasteiger partial charge in [-0.25, -0.2) is 4.98 Å². The zero-order chi connectivity index (χ0) is 18.1. The second-order valence-corrected chi connectivity index (χ2v) is 6.40. The first-order valence-corrected chi connectivity index (χ1v) is 8.62. The topological polar surface area (TPSA) is 60.5 Å². The molecular weight excluding hydrogens is 328 g/mol. The van der Waals surface area contributed by atoms with Gasteiger partial charge in [0.2, 0.25) is 5.88 Å². The molecule has 26 heavy (non-hydrogen) atoms. The molecule has 5 heteroatoms. The number of nitrogens with zero attached hydrogens (tertiary/aromatic N) is 1. The van der Waals surface area contributed by atoms with E-state index >= 15 is 0 Å². The number of ether oxygens (including phenoxy) is 2. The van der Waals surface area contributed by atoms with Gasteiger partial charge in [0.05, 0.1) is 12.6 Å². The maximum Gasteiger partial charge on any atom is 0.323 e. The highest BCUT2D eigenvalue weighted by molar-refractivity contribution is 6.08. The number of esters is 1. The molecule has 2 heterocycles. The van der Waals surface area contributed by atoms with Crippen LogP contribution in [0, 0.1) is 0 Å². The van der Waals surface area contributed by atoms with E-state index in [4.69, 9.17) is 14.5 Å². The molecule has 0 amide bonds. The zero-order valence-corrected chi connectivity index (χ0v) is 14.6. The molecule has 2 atom stereocenters. The number of rotatable bonds is 4. The van der Waals surface area contributed by atoms with E-state index in [0.29, 0.717) is 18.8 Å². The molecule has 0 spiro atoms. The van der Waals surface area contributed by atoms with Crippen LogP contribution in [0.3, 0.4) is 0 Å². The number of benzene rings is 2. The Morgan fingerprint density at radius 3 is 2.88 bits per heavy atom. The Morgan fingerprint density at radius 1 is 1.23 bits per heavy atom. The van der Waals surface area contributed by atoms with Crippen molar-refractivity contribution in [1.29, 1.82) is 0 Å². The van der Waals surface area contributed by atoms with Gasteiger partial charge in [0.15, 0.2) is 0 Å². The zero-order valence-electron chi connectivity index (χ0n) is 14.6. The van der Waals surface area contributed by atoms with Crippen molar-refractivity contribution in [3.63, 3.8) is 0 Å². The highest BCUT2D eigenvalue weighted by Gasteiger charge is 2.32. The molecule has 0 bridgehead atoms. The van der Waals surface area contributed by atoms with Crippen molar-refractivity contribution in [1.82, 2.24) is 10.3 Å². The van der Waals surface area contributed by atoms with E-state index in [1.807, 2.05) is 36.4 Å². The Bertz CT molecular complexity index is 999. The largest absolute Gasteiger partial charge is 0.472 e. The molecule has 1 aromatic heterocycles. The van der Waals surface area contributed by atoms with Crippen LogP contribution in [0.5, 0.6) is 5.88 Å². The number of hydrogen-bond acceptors (Lipinski definition) is 5. The number of fused-ring (bicyclic) bond motifs is 3. The van der Waals surface area contributed by atoms with Gasteiger partial charge in [-0.3, -0.25) is 4.79 Å². The minimum atomic E-state index is -0.333. The fourth-order valence-corrected chi connectivity index (χ4v) is 3.43. The fourth-order valence-electron chi connectivity index (χ4n) is 3.43. The maximum atomic E-state index is 11.7. The molecule has 5 nitrogen and oxygen atoms in total. The van der Waals surface area contributed by atoms with E-state index in [1.54, 1.807) is 0 Å². The average molecular weight is 348 g/mol. The molecule has 0 saturated carbocycles. The number of carbonyl (C=O) groups is 1. The van der Waals surface area contributed by atoms with E-state index < -0.39 is 0 Å². The number of carbonyl (C=O) groups excluding carboxylic acids is 1. The lowest BCUT2D eigenvalue weighted by Gasteiger charge is -2.15. The third-order valence-electron chi connectivity index (χ3n) is 4.78. The number of methoxy groups -OCH3 is 1. The molecule has 1 fully saturated rings. The third-order valence-corrected chi connectivity index (χ3v) is 4.78. The lowest BCUT2D eigenvalue weighted by molar-refractivity contribution is -0.142. The van der Waals surface area contributed by atoms with Gasteiger partial charge in [0, 0.05) is 23.7 Å². The van der Waals surface area contributed by atoms with E-state index in [9.17, 15) is 4.79 Å². The van der Waals surface area contributed by atoms with Crippen molar-refractivity contribution in [2.75, 3.05) is 13.7 Å². The summed E-state index contributed by atoms with van der Waals surface area (Å²) in [7, 11) is 1.40. The molecule has 4 rings (SSSR count). The standard InChI is InChI=1S/C21H20N2O3/c1-3-13-8-9-15-16-6-4-5-7-18(16)23-20(17(15)10-13)26-14-11-19(22-12-14)21(24)25-2/h3-10,14,19,22H,1,11-12H2,2H3/t14-,19+/m1/s1. The second kappa shape index (κ2) is 6.77. The first kappa shape index (κ1) is 16.5. The molecule has 0 unspecified atom stereocenters. The van der Waals surface area contributed by atoms with Crippen molar-refractivity contribution >= 4 is 33.7 Å². The van der Waals surface area contributed by atoms with Crippen molar-refractivity contribution in [3.05, 3.63) is 54.6 Å². The van der Waals surface area contributed by atoms with Gasteiger partial charge in [-0.15, -0.1) is 0 Å². The molecule has 3 aromatic rings. The van der Waals surface area contributed by atoms with Crippen molar-refractivity contribution in [2.45, 2.75) is 18.6 Å². The summed E-state index contributed by atoms with van der Waals surface area (Å²) in [5, 5.41) is 6.26. The molecule has 0 radical (unpaired) electrons. The minimum absolute atomic E-state index is 0.136. The molecule has 0 aliphatic carbocycles. The van der Waals surface area contributed by atoms with Crippen LogP contribution in [0.2, 0.25) is 0 Å². The van der Waals surface area contributed by atoms with Crippen LogP contribution >= 0.6 is 0 Å². The Labute approximate surface area is 151 Å². The molecule has 132 valence electrons. The Kier molecular flexibility index (Phi) is 4.31. The van der Waals surface area contributed by atoms with E-state index in [2.05, 4.69) is 24.0 Å². The van der Waals surface area contributed by atoms with Gasteiger partial charge in [-0.2, -0.15) is 0 Å². The van der Waals surface area contributed by atoms with Gasteiger partial charge in [0.1, 0.15) is 12.1 Å². The number of aromatic nitrogens is 1. The molecule has 1 aliphatic rings. The number of nitrogens with one attached hydrogen (secondary N) is 1. The van der Waals surface area contributed by atoms with Crippen molar-refractivity contribution < 1.29 is 14.3 Å². The summed E-state index contributed by atoms with van der Waals surface area (Å²) in [5.74, 6) is 0.320. The van der Waals surface area contributed by atoms with Gasteiger partial charge < -0.3 is 14.8 Å². The summed E-state index contributed by atoms with van der Waals surface area (Å²) in [5.41, 5.74) is 1.90. The maximum absolute atomic E-state index is 11.7. The lowest BCUT2D eigenvalue weighted by Crippen LogP contribution is -2.31. The van der Waals surface area contributed by atoms with Crippen LogP contribution in [0.15, 0.2) is 49.0 Å². The van der Waals surface area contributed by atoms with E-state index in [-0.39, 0.29) is 18.1 Å². The number of hydrogen-bond donors (Lipinski definition) is 1. The molecule has 1 N–H and O–H groups in total. The predicted octanol–water partition coefficient (Wildman–Crippen LogP) is 3.31. The second-order valence-electron chi connectivity index (χ2n) is 6.40. The van der Waals surface area contributed by atoms with Crippen LogP contribution in [0.1, 0.15) is 12.0 Å². The van der Waals surface area contributed by atoms with Gasteiger partial charge in [-0.05, 0) is 23.1 Å². The Hall–Kier alpha value is -2.92. The summed E-state index contributed by atoms with van der Waals surface area (Å²) in [6, 6.07) is 13.8. The van der Waals surface area contributed by atoms with Gasteiger partial charge in [-0.1, -0.05) is 43.0 Å². The van der Waals surface area contributed by atoms with Crippen molar-refractivity contribution in [2.24, 2.45) is 0 Å². The summed E-state index contributed by atoms with van der Waals surface area (Å²) < 4.78 is 11.0. The quantitative estimate of drug-likeness (QED) is 0.579. The first-order chi connectivity index (χ1) is 12.7. The summed E-state index contributed by atoms with van der Waals surface area (Å²) >= 11 is 0. The molecule has 1 aliphatic heterocycles. The fraction of sp³-hybridized carbons (Fsp3) is 0.238. The van der Waals surface area contributed by atoms with E-state index in [1.165, 1.54) is 7.11 Å². The van der Waals surface area contributed by atoms with Gasteiger partial charge >= 0.3 is 5.97 Å². The average Bonchev–Trinajstić information content (AvgIpc) is 3.15. The highest BCUT2D eigenvalue weighted by atomic mass is 16.5. The Morgan fingerprint density at radius 2 is 2.08 bits per heavy atom. The summed E-state index contributed by atoms with van der Waals surface area (Å²) in [6.07, 6.45) is 2.23. The predicted molar refractivity (Wildman–Crippen MR) is 102 cm³/mol. The monoisotopic (exact) mass is 348 g/mol. The van der Waals surface area contributed by atoms with Crippen LogP contribution in [-0.2, 0) is 9.53 Å². The molecule has 1 saturated heterocycles. The van der Waals surface area contributed by atoms with Crippen molar-refractivity contribution in [3.8, 4) is 5.88 Å². The SMILES string of the molecule is C=Cc1ccc2c(c1)c(O[C@H]1CN[C@H](C(=O)OC)C1)nc1ccccc12. The normalized spacial score (nSPS) is 19.6.